The molecule has 0 aromatic heterocycles. The third-order valence-electron chi connectivity index (χ3n) is 1.93. The van der Waals surface area contributed by atoms with E-state index in [9.17, 15) is 4.79 Å². The molecular weight excluding hydrogens is 144 g/mol. The first-order chi connectivity index (χ1) is 5.22. The van der Waals surface area contributed by atoms with Crippen LogP contribution in [0.4, 0.5) is 0 Å². The van der Waals surface area contributed by atoms with E-state index in [0.717, 1.165) is 0 Å². The van der Waals surface area contributed by atoms with Crippen LogP contribution in [0.3, 0.4) is 0 Å². The quantitative estimate of drug-likeness (QED) is 0.557. The molecule has 0 atom stereocenters. The van der Waals surface area contributed by atoms with Crippen molar-refractivity contribution in [3.63, 3.8) is 0 Å². The van der Waals surface area contributed by atoms with E-state index >= 15 is 0 Å². The Labute approximate surface area is 66.0 Å². The summed E-state index contributed by atoms with van der Waals surface area (Å²) in [6, 6.07) is 0. The molecule has 0 saturated heterocycles. The molecule has 0 radical (unpaired) electrons. The average Bonchev–Trinajstić information content (AvgIpc) is 2.07. The van der Waals surface area contributed by atoms with E-state index in [0.29, 0.717) is 12.8 Å². The second-order valence-corrected chi connectivity index (χ2v) is 2.52. The second kappa shape index (κ2) is 3.15. The maximum Gasteiger partial charge on any atom is 0.187 e. The van der Waals surface area contributed by atoms with E-state index in [1.54, 1.807) is 20.3 Å². The summed E-state index contributed by atoms with van der Waals surface area (Å²) >= 11 is 0. The third-order valence-corrected chi connectivity index (χ3v) is 1.93. The van der Waals surface area contributed by atoms with Crippen LogP contribution in [0.2, 0.25) is 0 Å². The molecule has 11 heavy (non-hydrogen) atoms. The Morgan fingerprint density at radius 2 is 2.09 bits per heavy atom. The van der Waals surface area contributed by atoms with E-state index in [-0.39, 0.29) is 5.78 Å². The topological polar surface area (TPSA) is 35.5 Å². The smallest absolute Gasteiger partial charge is 0.187 e. The van der Waals surface area contributed by atoms with Crippen molar-refractivity contribution in [1.82, 2.24) is 0 Å². The summed E-state index contributed by atoms with van der Waals surface area (Å²) in [6.45, 7) is 0. The highest BCUT2D eigenvalue weighted by Gasteiger charge is 2.29. The van der Waals surface area contributed by atoms with Gasteiger partial charge in [-0.25, -0.2) is 0 Å². The Kier molecular flexibility index (Phi) is 2.42. The summed E-state index contributed by atoms with van der Waals surface area (Å²) in [5.41, 5.74) is 0. The van der Waals surface area contributed by atoms with Gasteiger partial charge in [-0.05, 0) is 12.2 Å². The minimum absolute atomic E-state index is 0.134. The fraction of sp³-hybridized carbons (Fsp3) is 0.625. The number of allylic oxidation sites excluding steroid dienone is 1. The number of methoxy groups -OCH3 is 2. The Morgan fingerprint density at radius 1 is 1.45 bits per heavy atom. The zero-order valence-electron chi connectivity index (χ0n) is 6.79. The number of hydrogen-bond donors (Lipinski definition) is 0. The SMILES string of the molecule is COC1(OC)C=CC(=O)CC1. The lowest BCUT2D eigenvalue weighted by Crippen LogP contribution is -2.34. The van der Waals surface area contributed by atoms with E-state index in [4.69, 9.17) is 9.47 Å². The van der Waals surface area contributed by atoms with Crippen molar-refractivity contribution in [2.24, 2.45) is 0 Å². The van der Waals surface area contributed by atoms with Gasteiger partial charge in [0.1, 0.15) is 0 Å². The van der Waals surface area contributed by atoms with E-state index in [1.807, 2.05) is 0 Å². The van der Waals surface area contributed by atoms with Crippen LogP contribution < -0.4 is 0 Å². The third kappa shape index (κ3) is 1.67. The normalized spacial score (nSPS) is 22.2. The molecule has 0 bridgehead atoms. The molecule has 1 rings (SSSR count). The fourth-order valence-corrected chi connectivity index (χ4v) is 1.11. The van der Waals surface area contributed by atoms with Crippen molar-refractivity contribution in [3.05, 3.63) is 12.2 Å². The molecular formula is C8H12O3. The van der Waals surface area contributed by atoms with Crippen LogP contribution in [0.15, 0.2) is 12.2 Å². The van der Waals surface area contributed by atoms with Crippen LogP contribution in [0.25, 0.3) is 0 Å². The summed E-state index contributed by atoms with van der Waals surface area (Å²) in [5.74, 6) is -0.525. The van der Waals surface area contributed by atoms with Gasteiger partial charge in [-0.2, -0.15) is 0 Å². The first kappa shape index (κ1) is 8.43. The number of hydrogen-bond acceptors (Lipinski definition) is 3. The predicted molar refractivity (Wildman–Crippen MR) is 40.1 cm³/mol. The van der Waals surface area contributed by atoms with Crippen LogP contribution >= 0.6 is 0 Å². The van der Waals surface area contributed by atoms with Gasteiger partial charge in [-0.3, -0.25) is 4.79 Å². The molecule has 0 aliphatic heterocycles. The Hall–Kier alpha value is -0.670. The van der Waals surface area contributed by atoms with Crippen LogP contribution in [0.1, 0.15) is 12.8 Å². The largest absolute Gasteiger partial charge is 0.350 e. The molecule has 0 heterocycles. The number of carbonyl (C=O) groups excluding carboxylic acids is 1. The minimum atomic E-state index is -0.659. The minimum Gasteiger partial charge on any atom is -0.350 e. The highest BCUT2D eigenvalue weighted by molar-refractivity contribution is 5.90. The average molecular weight is 156 g/mol. The summed E-state index contributed by atoms with van der Waals surface area (Å²) in [4.78, 5) is 10.8. The monoisotopic (exact) mass is 156 g/mol. The summed E-state index contributed by atoms with van der Waals surface area (Å²) in [5, 5.41) is 0. The second-order valence-electron chi connectivity index (χ2n) is 2.52. The molecule has 1 aliphatic carbocycles. The van der Waals surface area contributed by atoms with E-state index < -0.39 is 5.79 Å². The number of ketones is 1. The molecule has 0 saturated carbocycles. The number of carbonyl (C=O) groups is 1. The van der Waals surface area contributed by atoms with Crippen molar-refractivity contribution < 1.29 is 14.3 Å². The van der Waals surface area contributed by atoms with Crippen molar-refractivity contribution in [2.75, 3.05) is 14.2 Å². The van der Waals surface area contributed by atoms with Gasteiger partial charge in [0.2, 0.25) is 0 Å². The number of rotatable bonds is 2. The van der Waals surface area contributed by atoms with Gasteiger partial charge >= 0.3 is 0 Å². The summed E-state index contributed by atoms with van der Waals surface area (Å²) in [6.07, 6.45) is 4.28. The Balaban J connectivity index is 2.72. The lowest BCUT2D eigenvalue weighted by molar-refractivity contribution is -0.178. The first-order valence-corrected chi connectivity index (χ1v) is 3.55. The molecule has 0 unspecified atom stereocenters. The molecule has 3 nitrogen and oxygen atoms in total. The lowest BCUT2D eigenvalue weighted by Gasteiger charge is -2.29. The number of ether oxygens (including phenoxy) is 2. The molecule has 1 aliphatic rings. The molecule has 0 N–H and O–H groups in total. The van der Waals surface area contributed by atoms with E-state index in [1.165, 1.54) is 6.08 Å². The van der Waals surface area contributed by atoms with Crippen molar-refractivity contribution in [2.45, 2.75) is 18.6 Å². The molecule has 0 fully saturated rings. The van der Waals surface area contributed by atoms with Crippen LogP contribution in [-0.4, -0.2) is 25.8 Å². The molecule has 0 amide bonds. The zero-order chi connectivity index (χ0) is 8.32. The van der Waals surface area contributed by atoms with Crippen LogP contribution in [0, 0.1) is 0 Å². The first-order valence-electron chi connectivity index (χ1n) is 3.55. The fourth-order valence-electron chi connectivity index (χ4n) is 1.11. The zero-order valence-corrected chi connectivity index (χ0v) is 6.79. The van der Waals surface area contributed by atoms with Gasteiger partial charge in [0.25, 0.3) is 0 Å². The standard InChI is InChI=1S/C8H12O3/c1-10-8(11-2)5-3-7(9)4-6-8/h3,5H,4,6H2,1-2H3. The predicted octanol–water partition coefficient (Wildman–Crippen LogP) is 0.895. The molecule has 62 valence electrons. The molecule has 0 spiro atoms. The van der Waals surface area contributed by atoms with Crippen molar-refractivity contribution >= 4 is 5.78 Å². The molecule has 0 aromatic rings. The van der Waals surface area contributed by atoms with E-state index in [2.05, 4.69) is 0 Å². The van der Waals surface area contributed by atoms with Gasteiger partial charge in [-0.1, -0.05) is 0 Å². The summed E-state index contributed by atoms with van der Waals surface area (Å²) in [7, 11) is 3.15. The Morgan fingerprint density at radius 3 is 2.45 bits per heavy atom. The van der Waals surface area contributed by atoms with Crippen LogP contribution in [0.5, 0.6) is 0 Å². The maximum absolute atomic E-state index is 10.8. The van der Waals surface area contributed by atoms with Gasteiger partial charge in [-0.15, -0.1) is 0 Å². The lowest BCUT2D eigenvalue weighted by atomic mass is 10.0. The Bertz CT molecular complexity index is 180. The van der Waals surface area contributed by atoms with Gasteiger partial charge in [0, 0.05) is 27.1 Å². The maximum atomic E-state index is 10.8. The van der Waals surface area contributed by atoms with Crippen molar-refractivity contribution in [1.29, 1.82) is 0 Å². The highest BCUT2D eigenvalue weighted by atomic mass is 16.7. The van der Waals surface area contributed by atoms with Gasteiger partial charge < -0.3 is 9.47 Å². The van der Waals surface area contributed by atoms with Gasteiger partial charge in [0.15, 0.2) is 11.6 Å². The molecule has 3 heteroatoms. The molecule has 0 aromatic carbocycles. The van der Waals surface area contributed by atoms with Crippen LogP contribution in [-0.2, 0) is 14.3 Å². The highest BCUT2D eigenvalue weighted by Crippen LogP contribution is 2.24. The van der Waals surface area contributed by atoms with Crippen molar-refractivity contribution in [3.8, 4) is 0 Å². The summed E-state index contributed by atoms with van der Waals surface area (Å²) < 4.78 is 10.2. The van der Waals surface area contributed by atoms with Gasteiger partial charge in [0.05, 0.1) is 0 Å².